The minimum Gasteiger partial charge on any atom is -0.396 e. The van der Waals surface area contributed by atoms with Crippen LogP contribution in [0.1, 0.15) is 52.1 Å². The molecule has 0 spiro atoms. The average molecular weight is 424 g/mol. The molecular weight excluding hydrogens is 391 g/mol. The number of aromatic amines is 1. The largest absolute Gasteiger partial charge is 0.396 e. The maximum absolute atomic E-state index is 12.4. The number of aliphatic hydroxyl groups excluding tert-OH is 1. The van der Waals surface area contributed by atoms with E-state index >= 15 is 0 Å². The molecule has 0 bridgehead atoms. The number of nitrogens with zero attached hydrogens (tertiary/aromatic N) is 3. The fourth-order valence-electron chi connectivity index (χ4n) is 4.11. The highest BCUT2D eigenvalue weighted by Crippen LogP contribution is 2.54. The SMILES string of the molecule is Cc1cn([C@@H]2C[C@H](CO)[C@H]2CP(OCCC#N)N(C(C)C)C(C)C)c(=O)[nH]c1=O. The molecule has 0 aromatic carbocycles. The molecule has 162 valence electrons. The van der Waals surface area contributed by atoms with E-state index < -0.39 is 14.0 Å². The molecule has 1 aromatic rings. The minimum absolute atomic E-state index is 0.0585. The van der Waals surface area contributed by atoms with E-state index in [9.17, 15) is 14.7 Å². The van der Waals surface area contributed by atoms with Crippen LogP contribution in [0.2, 0.25) is 0 Å². The lowest BCUT2D eigenvalue weighted by Gasteiger charge is -2.48. The zero-order valence-corrected chi connectivity index (χ0v) is 18.9. The van der Waals surface area contributed by atoms with Crippen molar-refractivity contribution in [2.75, 3.05) is 19.4 Å². The van der Waals surface area contributed by atoms with Gasteiger partial charge >= 0.3 is 5.69 Å². The van der Waals surface area contributed by atoms with Crippen LogP contribution in [0.15, 0.2) is 15.8 Å². The molecule has 0 amide bonds. The lowest BCUT2D eigenvalue weighted by molar-refractivity contribution is 0.0394. The van der Waals surface area contributed by atoms with Crippen molar-refractivity contribution >= 4 is 8.30 Å². The predicted octanol–water partition coefficient (Wildman–Crippen LogP) is 2.38. The quantitative estimate of drug-likeness (QED) is 0.441. The van der Waals surface area contributed by atoms with Crippen molar-refractivity contribution in [3.8, 4) is 6.07 Å². The summed E-state index contributed by atoms with van der Waals surface area (Å²) in [7, 11) is -0.998. The van der Waals surface area contributed by atoms with Crippen LogP contribution < -0.4 is 11.2 Å². The summed E-state index contributed by atoms with van der Waals surface area (Å²) in [6.07, 6.45) is 3.35. The van der Waals surface area contributed by atoms with Crippen molar-refractivity contribution in [3.05, 3.63) is 32.6 Å². The fraction of sp³-hybridized carbons (Fsp3) is 0.750. The second-order valence-corrected chi connectivity index (χ2v) is 10.0. The standard InChI is InChI=1S/C20H33N4O4P/c1-13(2)24(14(3)4)29(28-8-6-7-21)12-17-16(11-25)9-18(17)23-10-15(5)19(26)22-20(23)27/h10,13-14,16-18,25H,6,8-9,11-12H2,1-5H3,(H,22,26,27)/t16-,17-,18-,29?/m1/s1. The van der Waals surface area contributed by atoms with Crippen molar-refractivity contribution in [1.82, 2.24) is 14.2 Å². The number of H-pyrrole nitrogens is 1. The number of aromatic nitrogens is 2. The Kier molecular flexibility index (Phi) is 8.59. The van der Waals surface area contributed by atoms with Crippen LogP contribution in [0.25, 0.3) is 0 Å². The molecule has 8 nitrogen and oxygen atoms in total. The van der Waals surface area contributed by atoms with Gasteiger partial charge in [-0.2, -0.15) is 5.26 Å². The highest BCUT2D eigenvalue weighted by atomic mass is 31.2. The maximum atomic E-state index is 12.4. The first-order valence-corrected chi connectivity index (χ1v) is 11.6. The zero-order chi connectivity index (χ0) is 21.7. The lowest BCUT2D eigenvalue weighted by atomic mass is 9.70. The average Bonchev–Trinajstić information content (AvgIpc) is 2.62. The van der Waals surface area contributed by atoms with Crippen LogP contribution in [0.5, 0.6) is 0 Å². The van der Waals surface area contributed by atoms with Gasteiger partial charge in [0.25, 0.3) is 5.56 Å². The Morgan fingerprint density at radius 2 is 2.03 bits per heavy atom. The Morgan fingerprint density at radius 1 is 1.38 bits per heavy atom. The summed E-state index contributed by atoms with van der Waals surface area (Å²) >= 11 is 0. The van der Waals surface area contributed by atoms with Crippen molar-refractivity contribution in [1.29, 1.82) is 5.26 Å². The molecule has 0 aliphatic heterocycles. The molecule has 1 aromatic heterocycles. The highest BCUT2D eigenvalue weighted by Gasteiger charge is 2.45. The summed E-state index contributed by atoms with van der Waals surface area (Å²) in [5, 5.41) is 18.7. The number of aryl methyl sites for hydroxylation is 1. The monoisotopic (exact) mass is 424 g/mol. The van der Waals surface area contributed by atoms with E-state index in [1.165, 1.54) is 0 Å². The number of hydrogen-bond acceptors (Lipinski definition) is 6. The minimum atomic E-state index is -0.998. The van der Waals surface area contributed by atoms with Crippen LogP contribution in [0, 0.1) is 30.1 Å². The highest BCUT2D eigenvalue weighted by molar-refractivity contribution is 7.50. The lowest BCUT2D eigenvalue weighted by Crippen LogP contribution is -2.48. The van der Waals surface area contributed by atoms with Gasteiger partial charge in [-0.25, -0.2) is 4.79 Å². The van der Waals surface area contributed by atoms with Gasteiger partial charge < -0.3 is 9.63 Å². The van der Waals surface area contributed by atoms with E-state index in [1.807, 2.05) is 0 Å². The molecule has 4 atom stereocenters. The van der Waals surface area contributed by atoms with E-state index in [2.05, 4.69) is 43.4 Å². The van der Waals surface area contributed by atoms with E-state index in [0.29, 0.717) is 31.2 Å². The number of nitrogens with one attached hydrogen (secondary N) is 1. The molecule has 1 saturated carbocycles. The Morgan fingerprint density at radius 3 is 2.59 bits per heavy atom. The summed E-state index contributed by atoms with van der Waals surface area (Å²) in [4.78, 5) is 26.5. The molecule has 2 N–H and O–H groups in total. The Labute approximate surface area is 173 Å². The van der Waals surface area contributed by atoms with Gasteiger partial charge in [0.15, 0.2) is 0 Å². The summed E-state index contributed by atoms with van der Waals surface area (Å²) in [5.74, 6) is 0.154. The summed E-state index contributed by atoms with van der Waals surface area (Å²) in [5.41, 5.74) is -0.283. The first-order valence-electron chi connectivity index (χ1n) is 10.2. The molecule has 29 heavy (non-hydrogen) atoms. The third-order valence-corrected chi connectivity index (χ3v) is 8.17. The van der Waals surface area contributed by atoms with E-state index in [-0.39, 0.29) is 42.1 Å². The Bertz CT molecular complexity index is 821. The third kappa shape index (κ3) is 5.55. The molecule has 0 saturated heterocycles. The van der Waals surface area contributed by atoms with Gasteiger partial charge in [-0.15, -0.1) is 0 Å². The first-order chi connectivity index (χ1) is 13.7. The number of hydrogen-bond donors (Lipinski definition) is 2. The molecule has 1 fully saturated rings. The normalized spacial score (nSPS) is 22.7. The van der Waals surface area contributed by atoms with Gasteiger partial charge in [-0.1, -0.05) is 0 Å². The van der Waals surface area contributed by atoms with E-state index in [1.54, 1.807) is 17.7 Å². The van der Waals surface area contributed by atoms with Gasteiger partial charge in [0.1, 0.15) is 8.30 Å². The van der Waals surface area contributed by atoms with Crippen molar-refractivity contribution in [3.63, 3.8) is 0 Å². The van der Waals surface area contributed by atoms with Gasteiger partial charge in [0.2, 0.25) is 0 Å². The van der Waals surface area contributed by atoms with Gasteiger partial charge in [-0.05, 0) is 52.9 Å². The summed E-state index contributed by atoms with van der Waals surface area (Å²) in [6.45, 7) is 10.6. The van der Waals surface area contributed by atoms with Crippen molar-refractivity contribution in [2.24, 2.45) is 11.8 Å². The fourth-order valence-corrected chi connectivity index (χ4v) is 6.78. The molecule has 2 rings (SSSR count). The van der Waals surface area contributed by atoms with Gasteiger partial charge in [-0.3, -0.25) is 19.0 Å². The van der Waals surface area contributed by atoms with Crippen molar-refractivity contribution in [2.45, 2.75) is 65.6 Å². The number of aliphatic hydroxyl groups is 1. The number of nitriles is 1. The molecule has 1 aliphatic rings. The predicted molar refractivity (Wildman–Crippen MR) is 114 cm³/mol. The van der Waals surface area contributed by atoms with Crippen LogP contribution in [0.3, 0.4) is 0 Å². The van der Waals surface area contributed by atoms with Crippen LogP contribution in [0.4, 0.5) is 0 Å². The summed E-state index contributed by atoms with van der Waals surface area (Å²) in [6, 6.07) is 2.58. The molecule has 9 heteroatoms. The topological polar surface area (TPSA) is 111 Å². The van der Waals surface area contributed by atoms with Crippen molar-refractivity contribution < 1.29 is 9.63 Å². The number of rotatable bonds is 10. The zero-order valence-electron chi connectivity index (χ0n) is 18.0. The van der Waals surface area contributed by atoms with E-state index in [4.69, 9.17) is 9.79 Å². The second kappa shape index (κ2) is 10.5. The molecule has 1 aliphatic carbocycles. The molecule has 0 radical (unpaired) electrons. The summed E-state index contributed by atoms with van der Waals surface area (Å²) < 4.78 is 10.1. The maximum Gasteiger partial charge on any atom is 0.328 e. The second-order valence-electron chi connectivity index (χ2n) is 8.23. The van der Waals surface area contributed by atoms with Crippen LogP contribution in [-0.2, 0) is 4.52 Å². The van der Waals surface area contributed by atoms with Gasteiger partial charge in [0.05, 0.1) is 19.1 Å². The molecular formula is C20H33N4O4P. The van der Waals surface area contributed by atoms with Crippen LogP contribution in [-0.4, -0.2) is 50.8 Å². The van der Waals surface area contributed by atoms with Crippen LogP contribution >= 0.6 is 8.30 Å². The van der Waals surface area contributed by atoms with Gasteiger partial charge in [0, 0.05) is 42.7 Å². The third-order valence-electron chi connectivity index (χ3n) is 5.52. The molecule has 1 heterocycles. The smallest absolute Gasteiger partial charge is 0.328 e. The Balaban J connectivity index is 2.30. The first kappa shape index (κ1) is 23.8. The Hall–Kier alpha value is -1.52. The molecule has 1 unspecified atom stereocenters. The van der Waals surface area contributed by atoms with E-state index in [0.717, 1.165) is 0 Å².